The summed E-state index contributed by atoms with van der Waals surface area (Å²) < 4.78 is 5.08. The maximum atomic E-state index is 11.9. The van der Waals surface area contributed by atoms with E-state index in [4.69, 9.17) is 16.3 Å². The number of benzene rings is 1. The van der Waals surface area contributed by atoms with Crippen molar-refractivity contribution in [3.63, 3.8) is 0 Å². The van der Waals surface area contributed by atoms with Crippen LogP contribution in [-0.2, 0) is 9.53 Å². The van der Waals surface area contributed by atoms with E-state index in [9.17, 15) is 9.90 Å². The van der Waals surface area contributed by atoms with Gasteiger partial charge in [-0.1, -0.05) is 50.1 Å². The van der Waals surface area contributed by atoms with Crippen molar-refractivity contribution in [1.29, 1.82) is 0 Å². The number of halogens is 1. The normalized spacial score (nSPS) is 15.6. The third kappa shape index (κ3) is 4.51. The van der Waals surface area contributed by atoms with Crippen molar-refractivity contribution in [3.8, 4) is 0 Å². The quantitative estimate of drug-likeness (QED) is 0.474. The molecule has 0 aliphatic carbocycles. The average Bonchev–Trinajstić information content (AvgIpc) is 2.43. The molecule has 0 saturated heterocycles. The maximum Gasteiger partial charge on any atom is 0.339 e. The Labute approximate surface area is 119 Å². The van der Waals surface area contributed by atoms with Crippen molar-refractivity contribution >= 4 is 17.6 Å². The fourth-order valence-corrected chi connectivity index (χ4v) is 1.95. The molecule has 0 heterocycles. The fraction of sp³-hybridized carbons (Fsp3) is 0.533. The van der Waals surface area contributed by atoms with E-state index >= 15 is 0 Å². The van der Waals surface area contributed by atoms with Gasteiger partial charge in [0.05, 0.1) is 12.0 Å². The number of alkyl halides is 1. The Bertz CT molecular complexity index is 390. The van der Waals surface area contributed by atoms with Crippen molar-refractivity contribution in [2.45, 2.75) is 44.1 Å². The fourth-order valence-electron chi connectivity index (χ4n) is 1.71. The van der Waals surface area contributed by atoms with Gasteiger partial charge in [0.25, 0.3) is 0 Å². The van der Waals surface area contributed by atoms with Gasteiger partial charge in [0.1, 0.15) is 0 Å². The minimum absolute atomic E-state index is 0.321. The molecule has 0 aliphatic rings. The Morgan fingerprint density at radius 3 is 2.58 bits per heavy atom. The van der Waals surface area contributed by atoms with Gasteiger partial charge in [-0.25, -0.2) is 4.79 Å². The van der Waals surface area contributed by atoms with Crippen LogP contribution >= 0.6 is 11.6 Å². The minimum atomic E-state index is -1.73. The molecule has 2 atom stereocenters. The number of hydrogen-bond acceptors (Lipinski definition) is 3. The Morgan fingerprint density at radius 2 is 2.00 bits per heavy atom. The Balaban J connectivity index is 2.61. The summed E-state index contributed by atoms with van der Waals surface area (Å²) in [5, 5.41) is 9.43. The van der Waals surface area contributed by atoms with Crippen molar-refractivity contribution in [2.75, 3.05) is 6.61 Å². The van der Waals surface area contributed by atoms with Crippen LogP contribution in [0.2, 0.25) is 0 Å². The molecule has 1 aromatic rings. The van der Waals surface area contributed by atoms with E-state index in [1.54, 1.807) is 12.1 Å². The van der Waals surface area contributed by atoms with E-state index in [2.05, 4.69) is 6.92 Å². The minimum Gasteiger partial charge on any atom is -0.464 e. The van der Waals surface area contributed by atoms with Crippen molar-refractivity contribution in [1.82, 2.24) is 0 Å². The third-order valence-corrected chi connectivity index (χ3v) is 3.66. The van der Waals surface area contributed by atoms with Gasteiger partial charge >= 0.3 is 5.97 Å². The molecule has 1 aromatic carbocycles. The molecule has 0 spiro atoms. The van der Waals surface area contributed by atoms with E-state index in [1.165, 1.54) is 6.92 Å². The topological polar surface area (TPSA) is 46.5 Å². The summed E-state index contributed by atoms with van der Waals surface area (Å²) in [5.41, 5.74) is -1.03. The molecule has 1 N–H and O–H groups in total. The van der Waals surface area contributed by atoms with Crippen molar-refractivity contribution in [2.24, 2.45) is 0 Å². The zero-order chi connectivity index (χ0) is 14.3. The summed E-state index contributed by atoms with van der Waals surface area (Å²) in [4.78, 5) is 11.9. The predicted molar refractivity (Wildman–Crippen MR) is 76.1 cm³/mol. The number of rotatable bonds is 7. The zero-order valence-corrected chi connectivity index (χ0v) is 12.2. The Morgan fingerprint density at radius 1 is 1.37 bits per heavy atom. The summed E-state index contributed by atoms with van der Waals surface area (Å²) in [6.07, 6.45) is 2.85. The Kier molecular flexibility index (Phi) is 6.32. The molecule has 2 unspecified atom stereocenters. The summed E-state index contributed by atoms with van der Waals surface area (Å²) in [6, 6.07) is 9.03. The molecule has 0 radical (unpaired) electrons. The van der Waals surface area contributed by atoms with Crippen LogP contribution in [0.1, 0.15) is 44.1 Å². The molecule has 0 fully saturated rings. The van der Waals surface area contributed by atoms with Crippen LogP contribution in [-0.4, -0.2) is 23.3 Å². The average molecular weight is 285 g/mol. The van der Waals surface area contributed by atoms with Gasteiger partial charge in [-0.3, -0.25) is 0 Å². The van der Waals surface area contributed by atoms with Crippen LogP contribution in [0.15, 0.2) is 30.3 Å². The molecule has 4 heteroatoms. The molecule has 0 amide bonds. The first-order valence-corrected chi connectivity index (χ1v) is 7.02. The van der Waals surface area contributed by atoms with E-state index in [0.29, 0.717) is 12.2 Å². The number of esters is 1. The number of unbranched alkanes of at least 4 members (excludes halogenated alkanes) is 2. The molecular weight excluding hydrogens is 264 g/mol. The van der Waals surface area contributed by atoms with Gasteiger partial charge in [-0.2, -0.15) is 0 Å². The van der Waals surface area contributed by atoms with Gasteiger partial charge in [0.15, 0.2) is 5.60 Å². The maximum absolute atomic E-state index is 11.9. The second-order valence-electron chi connectivity index (χ2n) is 4.76. The number of ether oxygens (including phenoxy) is 1. The lowest BCUT2D eigenvalue weighted by Crippen LogP contribution is -2.41. The summed E-state index contributed by atoms with van der Waals surface area (Å²) >= 11 is 6.18. The first kappa shape index (κ1) is 16.0. The lowest BCUT2D eigenvalue weighted by molar-refractivity contribution is -0.164. The summed E-state index contributed by atoms with van der Waals surface area (Å²) in [7, 11) is 0. The largest absolute Gasteiger partial charge is 0.464 e. The highest BCUT2D eigenvalue weighted by Crippen LogP contribution is 2.33. The van der Waals surface area contributed by atoms with E-state index in [0.717, 1.165) is 19.3 Å². The number of hydrogen-bond donors (Lipinski definition) is 1. The van der Waals surface area contributed by atoms with Gasteiger partial charge in [0.2, 0.25) is 0 Å². The number of aliphatic hydroxyl groups is 1. The van der Waals surface area contributed by atoms with Crippen LogP contribution in [0.25, 0.3) is 0 Å². The molecule has 0 aromatic heterocycles. The Hall–Kier alpha value is -1.06. The van der Waals surface area contributed by atoms with E-state index < -0.39 is 16.9 Å². The van der Waals surface area contributed by atoms with Crippen LogP contribution in [0.5, 0.6) is 0 Å². The lowest BCUT2D eigenvalue weighted by Gasteiger charge is -2.26. The molecule has 106 valence electrons. The van der Waals surface area contributed by atoms with Crippen LogP contribution in [0, 0.1) is 0 Å². The molecule has 19 heavy (non-hydrogen) atoms. The first-order valence-electron chi connectivity index (χ1n) is 6.58. The SMILES string of the molecule is CCCCCOC(=O)C(C)(O)C(Cl)c1ccccc1. The van der Waals surface area contributed by atoms with Crippen molar-refractivity contribution in [3.05, 3.63) is 35.9 Å². The third-order valence-electron chi connectivity index (χ3n) is 2.98. The smallest absolute Gasteiger partial charge is 0.339 e. The number of carbonyl (C=O) groups excluding carboxylic acids is 1. The van der Waals surface area contributed by atoms with Gasteiger partial charge in [-0.15, -0.1) is 11.6 Å². The van der Waals surface area contributed by atoms with E-state index in [1.807, 2.05) is 18.2 Å². The second-order valence-corrected chi connectivity index (χ2v) is 5.20. The van der Waals surface area contributed by atoms with Crippen LogP contribution in [0.4, 0.5) is 0 Å². The second kappa shape index (κ2) is 7.51. The van der Waals surface area contributed by atoms with Gasteiger partial charge in [-0.05, 0) is 18.9 Å². The standard InChI is InChI=1S/C15H21ClO3/c1-3-4-8-11-19-14(17)15(2,18)13(16)12-9-6-5-7-10-12/h5-7,9-10,13,18H,3-4,8,11H2,1-2H3. The first-order chi connectivity index (χ1) is 9.00. The molecular formula is C15H21ClO3. The highest BCUT2D eigenvalue weighted by atomic mass is 35.5. The van der Waals surface area contributed by atoms with Crippen LogP contribution in [0.3, 0.4) is 0 Å². The lowest BCUT2D eigenvalue weighted by atomic mass is 9.96. The highest BCUT2D eigenvalue weighted by molar-refractivity contribution is 6.23. The zero-order valence-electron chi connectivity index (χ0n) is 11.4. The molecule has 0 bridgehead atoms. The molecule has 0 saturated carbocycles. The number of carbonyl (C=O) groups is 1. The highest BCUT2D eigenvalue weighted by Gasteiger charge is 2.40. The van der Waals surface area contributed by atoms with Crippen molar-refractivity contribution < 1.29 is 14.6 Å². The van der Waals surface area contributed by atoms with Crippen LogP contribution < -0.4 is 0 Å². The monoisotopic (exact) mass is 284 g/mol. The predicted octanol–water partition coefficient (Wildman–Crippen LogP) is 3.45. The van der Waals surface area contributed by atoms with Gasteiger partial charge in [0, 0.05) is 0 Å². The summed E-state index contributed by atoms with van der Waals surface area (Å²) in [5.74, 6) is -0.674. The molecule has 3 nitrogen and oxygen atoms in total. The molecule has 1 rings (SSSR count). The van der Waals surface area contributed by atoms with E-state index in [-0.39, 0.29) is 0 Å². The molecule has 0 aliphatic heterocycles. The van der Waals surface area contributed by atoms with Gasteiger partial charge < -0.3 is 9.84 Å². The summed E-state index contributed by atoms with van der Waals surface area (Å²) in [6.45, 7) is 3.78.